The van der Waals surface area contributed by atoms with Gasteiger partial charge in [0.1, 0.15) is 11.4 Å². The predicted octanol–water partition coefficient (Wildman–Crippen LogP) is 2.50. The van der Waals surface area contributed by atoms with Crippen molar-refractivity contribution in [3.63, 3.8) is 0 Å². The summed E-state index contributed by atoms with van der Waals surface area (Å²) >= 11 is 0. The molecule has 3 N–H and O–H groups in total. The van der Waals surface area contributed by atoms with E-state index in [0.717, 1.165) is 43.1 Å². The summed E-state index contributed by atoms with van der Waals surface area (Å²) < 4.78 is 5.93. The Labute approximate surface area is 125 Å². The minimum Gasteiger partial charge on any atom is -0.474 e. The van der Waals surface area contributed by atoms with Gasteiger partial charge in [-0.15, -0.1) is 0 Å². The van der Waals surface area contributed by atoms with Crippen LogP contribution < -0.4 is 15.8 Å². The molecule has 0 spiro atoms. The van der Waals surface area contributed by atoms with Crippen LogP contribution in [0.5, 0.6) is 5.88 Å². The summed E-state index contributed by atoms with van der Waals surface area (Å²) in [5, 5.41) is 3.26. The lowest BCUT2D eigenvalue weighted by Crippen LogP contribution is -2.24. The van der Waals surface area contributed by atoms with E-state index in [1.165, 1.54) is 19.3 Å². The lowest BCUT2D eigenvalue weighted by atomic mass is 9.82. The first-order valence-electron chi connectivity index (χ1n) is 7.87. The van der Waals surface area contributed by atoms with Crippen molar-refractivity contribution in [1.82, 2.24) is 4.98 Å². The van der Waals surface area contributed by atoms with Crippen LogP contribution in [-0.4, -0.2) is 23.5 Å². The van der Waals surface area contributed by atoms with Gasteiger partial charge in [0.15, 0.2) is 0 Å². The number of carbonyl (C=O) groups excluding carboxylic acids is 1. The quantitative estimate of drug-likeness (QED) is 0.873. The molecule has 5 heteroatoms. The highest BCUT2D eigenvalue weighted by molar-refractivity contribution is 5.95. The summed E-state index contributed by atoms with van der Waals surface area (Å²) in [5.74, 6) is 1.49. The van der Waals surface area contributed by atoms with Gasteiger partial charge in [0.25, 0.3) is 5.91 Å². The fourth-order valence-corrected chi connectivity index (χ4v) is 3.07. The number of nitrogens with two attached hydrogens (primary N) is 1. The van der Waals surface area contributed by atoms with E-state index in [9.17, 15) is 4.79 Å². The van der Waals surface area contributed by atoms with Crippen LogP contribution in [0.15, 0.2) is 6.07 Å². The van der Waals surface area contributed by atoms with E-state index in [2.05, 4.69) is 10.3 Å². The largest absolute Gasteiger partial charge is 0.474 e. The van der Waals surface area contributed by atoms with E-state index in [-0.39, 0.29) is 6.10 Å². The maximum atomic E-state index is 11.7. The van der Waals surface area contributed by atoms with Crippen LogP contribution in [0.25, 0.3) is 0 Å². The average molecular weight is 289 g/mol. The van der Waals surface area contributed by atoms with E-state index >= 15 is 0 Å². The molecule has 1 atom stereocenters. The highest BCUT2D eigenvalue weighted by atomic mass is 16.5. The molecule has 1 aromatic rings. The lowest BCUT2D eigenvalue weighted by Gasteiger charge is -2.28. The zero-order chi connectivity index (χ0) is 14.8. The van der Waals surface area contributed by atoms with E-state index in [0.29, 0.717) is 11.4 Å². The zero-order valence-electron chi connectivity index (χ0n) is 12.5. The molecule has 2 aliphatic rings. The molecule has 21 heavy (non-hydrogen) atoms. The molecular weight excluding hydrogens is 266 g/mol. The molecular formula is C16H23N3O2. The molecule has 0 aromatic carbocycles. The number of primary amides is 1. The Morgan fingerprint density at radius 3 is 3.00 bits per heavy atom. The van der Waals surface area contributed by atoms with Crippen molar-refractivity contribution in [2.45, 2.75) is 51.6 Å². The zero-order valence-corrected chi connectivity index (χ0v) is 12.5. The van der Waals surface area contributed by atoms with Crippen LogP contribution in [-0.2, 0) is 6.42 Å². The minimum atomic E-state index is -0.471. The molecule has 1 aliphatic carbocycles. The van der Waals surface area contributed by atoms with Crippen molar-refractivity contribution in [3.8, 4) is 5.88 Å². The molecule has 2 heterocycles. The average Bonchev–Trinajstić information content (AvgIpc) is 2.42. The van der Waals surface area contributed by atoms with E-state index in [4.69, 9.17) is 10.5 Å². The standard InChI is InChI=1S/C16H23N3O2/c1-10(8-11-4-2-5-11)21-16-13(14(17)20)9-12-6-3-7-18-15(12)19-16/h9-11H,2-8H2,1H3,(H2,17,20)(H,18,19)/t10-/m0/s1. The van der Waals surface area contributed by atoms with Gasteiger partial charge in [-0.25, -0.2) is 0 Å². The van der Waals surface area contributed by atoms with E-state index < -0.39 is 5.91 Å². The summed E-state index contributed by atoms with van der Waals surface area (Å²) in [6, 6.07) is 1.84. The molecule has 3 rings (SSSR count). The summed E-state index contributed by atoms with van der Waals surface area (Å²) in [5.41, 5.74) is 6.93. The van der Waals surface area contributed by atoms with Gasteiger partial charge in [-0.3, -0.25) is 4.79 Å². The summed E-state index contributed by atoms with van der Waals surface area (Å²) in [7, 11) is 0. The van der Waals surface area contributed by atoms with Gasteiger partial charge in [0.05, 0.1) is 6.10 Å². The Bertz CT molecular complexity index is 541. The van der Waals surface area contributed by atoms with Crippen molar-refractivity contribution >= 4 is 11.7 Å². The van der Waals surface area contributed by atoms with Crippen LogP contribution in [0.2, 0.25) is 0 Å². The molecule has 0 bridgehead atoms. The molecule has 1 aliphatic heterocycles. The molecule has 5 nitrogen and oxygen atoms in total. The fourth-order valence-electron chi connectivity index (χ4n) is 3.07. The number of carbonyl (C=O) groups is 1. The number of amides is 1. The normalized spacial score (nSPS) is 19.1. The van der Waals surface area contributed by atoms with Gasteiger partial charge in [-0.05, 0) is 43.7 Å². The molecule has 1 amide bonds. The summed E-state index contributed by atoms with van der Waals surface area (Å²) in [6.45, 7) is 2.95. The van der Waals surface area contributed by atoms with Crippen molar-refractivity contribution in [2.24, 2.45) is 11.7 Å². The third-order valence-corrected chi connectivity index (χ3v) is 4.45. The second-order valence-corrected chi connectivity index (χ2v) is 6.20. The fraction of sp³-hybridized carbons (Fsp3) is 0.625. The molecule has 1 fully saturated rings. The number of aryl methyl sites for hydroxylation is 1. The Hall–Kier alpha value is -1.78. The first kappa shape index (κ1) is 14.2. The number of nitrogens with zero attached hydrogens (tertiary/aromatic N) is 1. The van der Waals surface area contributed by atoms with Gasteiger partial charge in [0, 0.05) is 6.54 Å². The molecule has 114 valence electrons. The molecule has 0 radical (unpaired) electrons. The number of aromatic nitrogens is 1. The number of ether oxygens (including phenoxy) is 1. The van der Waals surface area contributed by atoms with Crippen LogP contribution in [0.1, 0.15) is 54.9 Å². The van der Waals surface area contributed by atoms with Gasteiger partial charge >= 0.3 is 0 Å². The summed E-state index contributed by atoms with van der Waals surface area (Å²) in [4.78, 5) is 16.2. The van der Waals surface area contributed by atoms with Crippen LogP contribution in [0.3, 0.4) is 0 Å². The highest BCUT2D eigenvalue weighted by Gasteiger charge is 2.24. The van der Waals surface area contributed by atoms with Gasteiger partial charge in [-0.1, -0.05) is 19.3 Å². The molecule has 1 aromatic heterocycles. The van der Waals surface area contributed by atoms with Crippen molar-refractivity contribution in [3.05, 3.63) is 17.2 Å². The number of hydrogen-bond acceptors (Lipinski definition) is 4. The third-order valence-electron chi connectivity index (χ3n) is 4.45. The smallest absolute Gasteiger partial charge is 0.254 e. The van der Waals surface area contributed by atoms with Crippen LogP contribution >= 0.6 is 0 Å². The van der Waals surface area contributed by atoms with Gasteiger partial charge < -0.3 is 15.8 Å². The summed E-state index contributed by atoms with van der Waals surface area (Å²) in [6.07, 6.45) is 6.95. The maximum absolute atomic E-state index is 11.7. The monoisotopic (exact) mass is 289 g/mol. The topological polar surface area (TPSA) is 77.2 Å². The molecule has 1 saturated carbocycles. The first-order valence-corrected chi connectivity index (χ1v) is 7.87. The predicted molar refractivity (Wildman–Crippen MR) is 81.6 cm³/mol. The number of anilines is 1. The molecule has 0 saturated heterocycles. The number of pyridine rings is 1. The second kappa shape index (κ2) is 5.92. The van der Waals surface area contributed by atoms with Gasteiger partial charge in [0.2, 0.25) is 5.88 Å². The van der Waals surface area contributed by atoms with Crippen LogP contribution in [0, 0.1) is 5.92 Å². The second-order valence-electron chi connectivity index (χ2n) is 6.20. The highest BCUT2D eigenvalue weighted by Crippen LogP contribution is 2.32. The lowest BCUT2D eigenvalue weighted by molar-refractivity contribution is 0.0987. The van der Waals surface area contributed by atoms with E-state index in [1.807, 2.05) is 13.0 Å². The van der Waals surface area contributed by atoms with Crippen molar-refractivity contribution < 1.29 is 9.53 Å². The third kappa shape index (κ3) is 3.12. The number of rotatable bonds is 5. The molecule has 0 unspecified atom stereocenters. The Morgan fingerprint density at radius 1 is 1.52 bits per heavy atom. The SMILES string of the molecule is C[C@@H](CC1CCC1)Oc1nc2c(cc1C(N)=O)CCCN2. The Morgan fingerprint density at radius 2 is 2.33 bits per heavy atom. The number of hydrogen-bond donors (Lipinski definition) is 2. The van der Waals surface area contributed by atoms with Crippen molar-refractivity contribution in [1.29, 1.82) is 0 Å². The van der Waals surface area contributed by atoms with E-state index in [1.54, 1.807) is 0 Å². The van der Waals surface area contributed by atoms with Crippen molar-refractivity contribution in [2.75, 3.05) is 11.9 Å². The van der Waals surface area contributed by atoms with Gasteiger partial charge in [-0.2, -0.15) is 4.98 Å². The minimum absolute atomic E-state index is 0.0579. The number of fused-ring (bicyclic) bond motifs is 1. The Kier molecular flexibility index (Phi) is 3.99. The Balaban J connectivity index is 1.79. The number of nitrogens with one attached hydrogen (secondary N) is 1. The van der Waals surface area contributed by atoms with Crippen LogP contribution in [0.4, 0.5) is 5.82 Å². The maximum Gasteiger partial charge on any atom is 0.254 e. The first-order chi connectivity index (χ1) is 10.1.